The highest BCUT2D eigenvalue weighted by atomic mass is 32.1. The van der Waals surface area contributed by atoms with E-state index in [0.29, 0.717) is 5.92 Å². The second-order valence-electron chi connectivity index (χ2n) is 11.8. The van der Waals surface area contributed by atoms with Gasteiger partial charge in [0.15, 0.2) is 0 Å². The van der Waals surface area contributed by atoms with Crippen molar-refractivity contribution < 1.29 is 0 Å². The fraction of sp³-hybridized carbons (Fsp3) is 0.189. The van der Waals surface area contributed by atoms with Crippen molar-refractivity contribution in [2.75, 3.05) is 12.4 Å². The van der Waals surface area contributed by atoms with E-state index in [-0.39, 0.29) is 0 Å². The molecule has 0 amide bonds. The third-order valence-corrected chi connectivity index (χ3v) is 15.6. The summed E-state index contributed by atoms with van der Waals surface area (Å²) in [5.74, 6) is 0.479. The van der Waals surface area contributed by atoms with E-state index in [1.54, 1.807) is 0 Å². The average molecular weight is 680 g/mol. The van der Waals surface area contributed by atoms with Crippen LogP contribution in [0.4, 0.5) is 5.00 Å². The minimum atomic E-state index is 0.479. The Bertz CT molecular complexity index is 2560. The molecule has 0 radical (unpaired) electrons. The average Bonchev–Trinajstić information content (AvgIpc) is 3.86. The molecule has 6 aromatic heterocycles. The minimum Gasteiger partial charge on any atom is -0.380 e. The molecule has 0 saturated heterocycles. The van der Waals surface area contributed by atoms with E-state index in [1.807, 2.05) is 68.0 Å². The van der Waals surface area contributed by atoms with Crippen LogP contribution >= 0.6 is 68.0 Å². The van der Waals surface area contributed by atoms with Crippen molar-refractivity contribution in [3.05, 3.63) is 73.9 Å². The number of thiophene rings is 6. The fourth-order valence-corrected chi connectivity index (χ4v) is 13.0. The molecular weight excluding hydrogens is 651 g/mol. The second kappa shape index (κ2) is 10.1. The van der Waals surface area contributed by atoms with E-state index in [1.165, 1.54) is 102 Å². The van der Waals surface area contributed by atoms with Gasteiger partial charge in [0.1, 0.15) is 0 Å². The first-order valence-electron chi connectivity index (χ1n) is 15.0. The zero-order chi connectivity index (χ0) is 29.9. The standard InChI is InChI=1S/C37H29NS6/c1-6-19-9-10-25(42-19)29-30-31(35-21(14-18(4)41-35)20-11-13-40-34(20)30)28(24-8-7-12-39-24)32-33(29)37-23(16-27(38-5)44-37)22-15-26(17(2)3)43-36(22)32/h7-17,38H,6H2,1-5H3. The molecule has 44 heavy (non-hydrogen) atoms. The van der Waals surface area contributed by atoms with Gasteiger partial charge in [-0.05, 0) is 72.5 Å². The molecule has 9 aromatic rings. The van der Waals surface area contributed by atoms with Crippen molar-refractivity contribution in [1.82, 2.24) is 0 Å². The Morgan fingerprint density at radius 3 is 2.07 bits per heavy atom. The number of hydrogen-bond acceptors (Lipinski definition) is 7. The number of anilines is 1. The van der Waals surface area contributed by atoms with Gasteiger partial charge >= 0.3 is 0 Å². The van der Waals surface area contributed by atoms with Crippen LogP contribution in [0.5, 0.6) is 0 Å². The predicted octanol–water partition coefficient (Wildman–Crippen LogP) is 14.3. The molecular formula is C37H29NS6. The van der Waals surface area contributed by atoms with Gasteiger partial charge in [-0.15, -0.1) is 68.0 Å². The lowest BCUT2D eigenvalue weighted by Gasteiger charge is -2.19. The van der Waals surface area contributed by atoms with Gasteiger partial charge in [0, 0.05) is 104 Å². The van der Waals surface area contributed by atoms with Crippen LogP contribution in [0.1, 0.15) is 41.3 Å². The van der Waals surface area contributed by atoms with Gasteiger partial charge in [-0.2, -0.15) is 0 Å². The van der Waals surface area contributed by atoms with E-state index in [4.69, 9.17) is 0 Å². The van der Waals surface area contributed by atoms with Crippen molar-refractivity contribution in [2.24, 2.45) is 0 Å². The molecule has 9 rings (SSSR count). The second-order valence-corrected chi connectivity index (χ2v) is 18.2. The molecule has 7 heteroatoms. The Balaban J connectivity index is 1.70. The molecule has 1 N–H and O–H groups in total. The lowest BCUT2D eigenvalue weighted by molar-refractivity contribution is 0.890. The third-order valence-electron chi connectivity index (χ3n) is 8.83. The first-order valence-corrected chi connectivity index (χ1v) is 20.0. The minimum absolute atomic E-state index is 0.479. The summed E-state index contributed by atoms with van der Waals surface area (Å²) in [7, 11) is 2.06. The topological polar surface area (TPSA) is 12.0 Å². The number of nitrogens with one attached hydrogen (secondary N) is 1. The number of hydrogen-bond donors (Lipinski definition) is 1. The number of fused-ring (bicyclic) bond motifs is 12. The summed E-state index contributed by atoms with van der Waals surface area (Å²) in [5.41, 5.74) is 2.85. The van der Waals surface area contributed by atoms with Gasteiger partial charge < -0.3 is 5.32 Å². The zero-order valence-electron chi connectivity index (χ0n) is 25.0. The maximum absolute atomic E-state index is 3.51. The van der Waals surface area contributed by atoms with Gasteiger partial charge in [0.25, 0.3) is 0 Å². The SMILES string of the molecule is CCc1ccc(-c2c3c4sccc4c4cc(C)sc4c3c(-c3cccs3)c3c4sc(C(C)C)cc4c4cc(NC)sc4c23)s1. The first-order chi connectivity index (χ1) is 21.5. The quantitative estimate of drug-likeness (QED) is 0.179. The van der Waals surface area contributed by atoms with Crippen LogP contribution in [0.3, 0.4) is 0 Å². The summed E-state index contributed by atoms with van der Waals surface area (Å²) < 4.78 is 5.68. The smallest absolute Gasteiger partial charge is 0.0892 e. The number of aryl methyl sites for hydroxylation is 2. The van der Waals surface area contributed by atoms with Crippen LogP contribution in [-0.4, -0.2) is 7.05 Å². The molecule has 0 bridgehead atoms. The summed E-state index contributed by atoms with van der Waals surface area (Å²) in [6.07, 6.45) is 1.06. The van der Waals surface area contributed by atoms with Gasteiger partial charge in [-0.1, -0.05) is 26.8 Å². The highest BCUT2D eigenvalue weighted by Gasteiger charge is 2.28. The summed E-state index contributed by atoms with van der Waals surface area (Å²) in [4.78, 5) is 7.02. The maximum atomic E-state index is 3.51. The van der Waals surface area contributed by atoms with Crippen LogP contribution in [0, 0.1) is 6.92 Å². The van der Waals surface area contributed by atoms with Crippen molar-refractivity contribution in [1.29, 1.82) is 0 Å². The molecule has 0 spiro atoms. The van der Waals surface area contributed by atoms with Crippen molar-refractivity contribution in [3.63, 3.8) is 0 Å². The maximum Gasteiger partial charge on any atom is 0.0892 e. The van der Waals surface area contributed by atoms with Gasteiger partial charge in [0.05, 0.1) is 5.00 Å². The molecule has 0 aliphatic carbocycles. The largest absolute Gasteiger partial charge is 0.380 e. The fourth-order valence-electron chi connectivity index (χ4n) is 6.87. The van der Waals surface area contributed by atoms with Crippen LogP contribution < -0.4 is 5.32 Å². The molecule has 218 valence electrons. The molecule has 0 aliphatic rings. The Kier molecular flexibility index (Phi) is 6.33. The lowest BCUT2D eigenvalue weighted by atomic mass is 9.87. The van der Waals surface area contributed by atoms with Crippen LogP contribution in [-0.2, 0) is 6.42 Å². The molecule has 6 heterocycles. The lowest BCUT2D eigenvalue weighted by Crippen LogP contribution is -1.91. The van der Waals surface area contributed by atoms with Crippen LogP contribution in [0.2, 0.25) is 0 Å². The first kappa shape index (κ1) is 27.5. The van der Waals surface area contributed by atoms with E-state index < -0.39 is 0 Å². The molecule has 0 unspecified atom stereocenters. The van der Waals surface area contributed by atoms with E-state index in [0.717, 1.165) is 6.42 Å². The van der Waals surface area contributed by atoms with Gasteiger partial charge in [-0.25, -0.2) is 0 Å². The van der Waals surface area contributed by atoms with Crippen molar-refractivity contribution in [2.45, 2.75) is 40.0 Å². The predicted molar refractivity (Wildman–Crippen MR) is 207 cm³/mol. The number of rotatable bonds is 5. The van der Waals surface area contributed by atoms with Crippen molar-refractivity contribution in [3.8, 4) is 20.9 Å². The monoisotopic (exact) mass is 679 g/mol. The number of benzene rings is 3. The highest BCUT2D eigenvalue weighted by molar-refractivity contribution is 7.26. The van der Waals surface area contributed by atoms with Gasteiger partial charge in [-0.3, -0.25) is 0 Å². The Labute approximate surface area is 280 Å². The Morgan fingerprint density at radius 2 is 1.36 bits per heavy atom. The Morgan fingerprint density at radius 1 is 0.659 bits per heavy atom. The molecule has 3 aromatic carbocycles. The summed E-state index contributed by atoms with van der Waals surface area (Å²) in [5, 5.41) is 20.6. The summed E-state index contributed by atoms with van der Waals surface area (Å²) in [6.45, 7) is 9.22. The molecule has 0 aliphatic heterocycles. The van der Waals surface area contributed by atoms with Crippen LogP contribution in [0.25, 0.3) is 82.8 Å². The normalized spacial score (nSPS) is 12.5. The molecule has 0 saturated carbocycles. The van der Waals surface area contributed by atoms with E-state index in [2.05, 4.69) is 99.4 Å². The van der Waals surface area contributed by atoms with Crippen molar-refractivity contribution >= 4 is 135 Å². The molecule has 0 fully saturated rings. The molecule has 0 atom stereocenters. The van der Waals surface area contributed by atoms with E-state index in [9.17, 15) is 0 Å². The van der Waals surface area contributed by atoms with E-state index >= 15 is 0 Å². The summed E-state index contributed by atoms with van der Waals surface area (Å²) >= 11 is 11.7. The third kappa shape index (κ3) is 3.77. The summed E-state index contributed by atoms with van der Waals surface area (Å²) in [6, 6.07) is 19.0. The zero-order valence-corrected chi connectivity index (χ0v) is 29.9. The highest BCUT2D eigenvalue weighted by Crippen LogP contribution is 2.58. The van der Waals surface area contributed by atoms with Gasteiger partial charge in [0.2, 0.25) is 0 Å². The molecule has 1 nitrogen and oxygen atoms in total. The van der Waals surface area contributed by atoms with Crippen LogP contribution in [0.15, 0.2) is 59.3 Å². The Hall–Kier alpha value is -2.78.